The number of anilines is 2. The minimum absolute atomic E-state index is 0.139. The van der Waals surface area contributed by atoms with Gasteiger partial charge in [0, 0.05) is 5.69 Å². The van der Waals surface area contributed by atoms with Gasteiger partial charge in [0.05, 0.1) is 26.4 Å². The number of nitrogens with one attached hydrogen (secondary N) is 2. The van der Waals surface area contributed by atoms with Crippen LogP contribution in [0.2, 0.25) is 10.0 Å². The van der Waals surface area contributed by atoms with E-state index in [0.717, 1.165) is 10.5 Å². The molecule has 3 aromatic carbocycles. The highest BCUT2D eigenvalue weighted by atomic mass is 127. The molecule has 5 amide bonds. The number of barbiturate groups is 1. The molecule has 0 saturated carbocycles. The predicted octanol–water partition coefficient (Wildman–Crippen LogP) is 5.60. The molecule has 4 rings (SSSR count). The zero-order valence-corrected chi connectivity index (χ0v) is 24.2. The molecule has 1 aliphatic heterocycles. The van der Waals surface area contributed by atoms with Gasteiger partial charge in [0.2, 0.25) is 0 Å². The third-order valence-electron chi connectivity index (χ3n) is 5.48. The monoisotopic (exact) mass is 679 g/mol. The molecule has 1 heterocycles. The van der Waals surface area contributed by atoms with Crippen molar-refractivity contribution in [2.45, 2.75) is 6.92 Å². The summed E-state index contributed by atoms with van der Waals surface area (Å²) in [5.74, 6) is -1.47. The summed E-state index contributed by atoms with van der Waals surface area (Å²) in [5.41, 5.74) is 1.94. The van der Waals surface area contributed by atoms with Crippen LogP contribution < -0.4 is 25.0 Å². The minimum atomic E-state index is -0.916. The Kier molecular flexibility index (Phi) is 8.78. The first-order valence-electron chi connectivity index (χ1n) is 11.3. The first kappa shape index (κ1) is 28.4. The summed E-state index contributed by atoms with van der Waals surface area (Å²) in [6.45, 7) is 1.64. The maximum absolute atomic E-state index is 13.2. The number of hydrogen-bond donors (Lipinski definition) is 2. The van der Waals surface area contributed by atoms with Crippen LogP contribution >= 0.6 is 45.8 Å². The first-order chi connectivity index (χ1) is 18.6. The van der Waals surface area contributed by atoms with Crippen molar-refractivity contribution in [2.75, 3.05) is 23.9 Å². The van der Waals surface area contributed by atoms with Crippen LogP contribution in [0.1, 0.15) is 11.1 Å². The SMILES string of the molecule is COc1cc(/C=C2\C(=O)NC(=O)N(c3ccc(Cl)c(Cl)c3)C2=O)cc(I)c1OCC(=O)Nc1cccc(C)c1. The lowest BCUT2D eigenvalue weighted by Crippen LogP contribution is -2.54. The molecule has 2 N–H and O–H groups in total. The lowest BCUT2D eigenvalue weighted by Gasteiger charge is -2.26. The van der Waals surface area contributed by atoms with Crippen molar-refractivity contribution in [2.24, 2.45) is 0 Å². The van der Waals surface area contributed by atoms with E-state index in [4.69, 9.17) is 32.7 Å². The second kappa shape index (κ2) is 12.1. The average Bonchev–Trinajstić information content (AvgIpc) is 2.87. The fourth-order valence-electron chi connectivity index (χ4n) is 3.70. The molecule has 0 unspecified atom stereocenters. The number of ether oxygens (including phenoxy) is 2. The lowest BCUT2D eigenvalue weighted by atomic mass is 10.1. The molecule has 0 aromatic heterocycles. The standard InChI is InChI=1S/C27H20Cl2IN3O6/c1-14-4-3-5-16(8-14)31-23(34)13-39-24-21(30)10-15(11-22(24)38-2)9-18-25(35)32-27(37)33(26(18)36)17-6-7-19(28)20(29)12-17/h3-12H,13H2,1-2H3,(H,31,34)(H,32,35,37)/b18-9+. The number of benzene rings is 3. The molecule has 12 heteroatoms. The zero-order chi connectivity index (χ0) is 28.3. The van der Waals surface area contributed by atoms with Crippen molar-refractivity contribution in [3.05, 3.63) is 84.9 Å². The van der Waals surface area contributed by atoms with Crippen molar-refractivity contribution in [3.8, 4) is 11.5 Å². The van der Waals surface area contributed by atoms with Crippen LogP contribution in [-0.2, 0) is 14.4 Å². The first-order valence-corrected chi connectivity index (χ1v) is 13.1. The van der Waals surface area contributed by atoms with E-state index in [-0.39, 0.29) is 39.6 Å². The van der Waals surface area contributed by atoms with Gasteiger partial charge in [-0.25, -0.2) is 9.69 Å². The largest absolute Gasteiger partial charge is 0.493 e. The molecular formula is C27H20Cl2IN3O6. The smallest absolute Gasteiger partial charge is 0.335 e. The molecule has 200 valence electrons. The Morgan fingerprint density at radius 1 is 1.08 bits per heavy atom. The fraction of sp³-hybridized carbons (Fsp3) is 0.111. The summed E-state index contributed by atoms with van der Waals surface area (Å²) in [6, 6.07) is 13.9. The topological polar surface area (TPSA) is 114 Å². The van der Waals surface area contributed by atoms with Crippen LogP contribution in [0.5, 0.6) is 11.5 Å². The maximum Gasteiger partial charge on any atom is 0.335 e. The molecule has 9 nitrogen and oxygen atoms in total. The van der Waals surface area contributed by atoms with E-state index in [0.29, 0.717) is 20.6 Å². The van der Waals surface area contributed by atoms with E-state index in [1.54, 1.807) is 18.2 Å². The number of methoxy groups -OCH3 is 1. The van der Waals surface area contributed by atoms with Gasteiger partial charge < -0.3 is 14.8 Å². The molecule has 0 aliphatic carbocycles. The maximum atomic E-state index is 13.2. The van der Waals surface area contributed by atoms with Crippen LogP contribution in [0.15, 0.2) is 60.2 Å². The minimum Gasteiger partial charge on any atom is -0.493 e. The van der Waals surface area contributed by atoms with E-state index < -0.39 is 17.8 Å². The van der Waals surface area contributed by atoms with Gasteiger partial charge in [0.1, 0.15) is 5.57 Å². The normalized spacial score (nSPS) is 14.3. The van der Waals surface area contributed by atoms with Crippen LogP contribution in [0.4, 0.5) is 16.2 Å². The Balaban J connectivity index is 1.57. The zero-order valence-electron chi connectivity index (χ0n) is 20.5. The number of halogens is 3. The Labute approximate surface area is 247 Å². The summed E-state index contributed by atoms with van der Waals surface area (Å²) < 4.78 is 11.7. The van der Waals surface area contributed by atoms with Crippen molar-refractivity contribution in [1.82, 2.24) is 5.32 Å². The van der Waals surface area contributed by atoms with Crippen molar-refractivity contribution < 1.29 is 28.7 Å². The number of carbonyl (C=O) groups is 4. The molecule has 0 bridgehead atoms. The number of nitrogens with zero attached hydrogens (tertiary/aromatic N) is 1. The van der Waals surface area contributed by atoms with Gasteiger partial charge in [0.15, 0.2) is 18.1 Å². The van der Waals surface area contributed by atoms with Gasteiger partial charge in [-0.3, -0.25) is 19.7 Å². The van der Waals surface area contributed by atoms with Crippen LogP contribution in [0, 0.1) is 10.5 Å². The van der Waals surface area contributed by atoms with E-state index >= 15 is 0 Å². The summed E-state index contributed by atoms with van der Waals surface area (Å²) in [4.78, 5) is 51.4. The van der Waals surface area contributed by atoms with E-state index in [1.807, 2.05) is 47.7 Å². The van der Waals surface area contributed by atoms with Crippen LogP contribution in [-0.4, -0.2) is 37.5 Å². The third kappa shape index (κ3) is 6.52. The van der Waals surface area contributed by atoms with Crippen molar-refractivity contribution in [3.63, 3.8) is 0 Å². The molecule has 1 saturated heterocycles. The highest BCUT2D eigenvalue weighted by Gasteiger charge is 2.37. The Bertz CT molecular complexity index is 1540. The molecule has 1 aliphatic rings. The van der Waals surface area contributed by atoms with Gasteiger partial charge >= 0.3 is 6.03 Å². The molecule has 0 radical (unpaired) electrons. The van der Waals surface area contributed by atoms with Crippen molar-refractivity contribution in [1.29, 1.82) is 0 Å². The van der Waals surface area contributed by atoms with E-state index in [9.17, 15) is 19.2 Å². The predicted molar refractivity (Wildman–Crippen MR) is 156 cm³/mol. The Hall–Kier alpha value is -3.61. The second-order valence-electron chi connectivity index (χ2n) is 8.30. The fourth-order valence-corrected chi connectivity index (χ4v) is 4.78. The van der Waals surface area contributed by atoms with Gasteiger partial charge in [-0.15, -0.1) is 0 Å². The molecule has 39 heavy (non-hydrogen) atoms. The molecule has 3 aromatic rings. The molecule has 0 spiro atoms. The number of imide groups is 2. The number of urea groups is 1. The molecule has 1 fully saturated rings. The average molecular weight is 680 g/mol. The molecular weight excluding hydrogens is 660 g/mol. The van der Waals surface area contributed by atoms with Crippen LogP contribution in [0.3, 0.4) is 0 Å². The number of carbonyl (C=O) groups excluding carboxylic acids is 4. The summed E-state index contributed by atoms with van der Waals surface area (Å²) >= 11 is 14.0. The Morgan fingerprint density at radius 2 is 1.85 bits per heavy atom. The highest BCUT2D eigenvalue weighted by molar-refractivity contribution is 14.1. The number of aryl methyl sites for hydroxylation is 1. The van der Waals surface area contributed by atoms with Crippen molar-refractivity contribution >= 4 is 87.0 Å². The number of amides is 5. The van der Waals surface area contributed by atoms with Gasteiger partial charge in [-0.1, -0.05) is 35.3 Å². The third-order valence-corrected chi connectivity index (χ3v) is 7.02. The second-order valence-corrected chi connectivity index (χ2v) is 10.3. The molecule has 0 atom stereocenters. The number of hydrogen-bond acceptors (Lipinski definition) is 6. The van der Waals surface area contributed by atoms with Crippen LogP contribution in [0.25, 0.3) is 6.08 Å². The van der Waals surface area contributed by atoms with Gasteiger partial charge in [0.25, 0.3) is 17.7 Å². The summed E-state index contributed by atoms with van der Waals surface area (Å²) in [5, 5.41) is 5.30. The van der Waals surface area contributed by atoms with E-state index in [2.05, 4.69) is 10.6 Å². The highest BCUT2D eigenvalue weighted by Crippen LogP contribution is 2.35. The van der Waals surface area contributed by atoms with E-state index in [1.165, 1.54) is 31.4 Å². The summed E-state index contributed by atoms with van der Waals surface area (Å²) in [6.07, 6.45) is 1.33. The quantitative estimate of drug-likeness (QED) is 0.191. The van der Waals surface area contributed by atoms with Gasteiger partial charge in [-0.05, 0) is 89.2 Å². The number of rotatable bonds is 7. The summed E-state index contributed by atoms with van der Waals surface area (Å²) in [7, 11) is 1.42. The van der Waals surface area contributed by atoms with Gasteiger partial charge in [-0.2, -0.15) is 0 Å². The Morgan fingerprint density at radius 3 is 2.54 bits per heavy atom. The lowest BCUT2D eigenvalue weighted by molar-refractivity contribution is -0.122.